The first-order valence-corrected chi connectivity index (χ1v) is 10.4. The maximum absolute atomic E-state index is 12.6. The summed E-state index contributed by atoms with van der Waals surface area (Å²) >= 11 is 1.00. The SMILES string of the molecule is O=C(Nc1ccccc1C(=O)[O-])c1cc(S(=O)(=O)N2CCCCC2)cs1. The van der Waals surface area contributed by atoms with Crippen LogP contribution < -0.4 is 10.4 Å². The number of carboxylic acids is 1. The minimum atomic E-state index is -3.61. The number of nitrogens with one attached hydrogen (secondary N) is 1. The van der Waals surface area contributed by atoms with Crippen LogP contribution in [0.15, 0.2) is 40.6 Å². The molecule has 3 rings (SSSR count). The fourth-order valence-electron chi connectivity index (χ4n) is 2.78. The van der Waals surface area contributed by atoms with E-state index in [1.807, 2.05) is 0 Å². The number of carbonyl (C=O) groups excluding carboxylic acids is 2. The van der Waals surface area contributed by atoms with Crippen molar-refractivity contribution in [1.29, 1.82) is 0 Å². The zero-order valence-corrected chi connectivity index (χ0v) is 15.4. The number of para-hydroxylation sites is 1. The van der Waals surface area contributed by atoms with E-state index in [0.29, 0.717) is 13.1 Å². The summed E-state index contributed by atoms with van der Waals surface area (Å²) in [6.07, 6.45) is 2.68. The van der Waals surface area contributed by atoms with Gasteiger partial charge in [-0.25, -0.2) is 8.42 Å². The van der Waals surface area contributed by atoms with E-state index in [9.17, 15) is 23.1 Å². The summed E-state index contributed by atoms with van der Waals surface area (Å²) in [5, 5.41) is 15.0. The van der Waals surface area contributed by atoms with Gasteiger partial charge in [-0.1, -0.05) is 24.6 Å². The summed E-state index contributed by atoms with van der Waals surface area (Å²) in [4.78, 5) is 23.8. The van der Waals surface area contributed by atoms with Gasteiger partial charge in [0.1, 0.15) is 0 Å². The quantitative estimate of drug-likeness (QED) is 0.829. The second kappa shape index (κ2) is 7.56. The fraction of sp³-hybridized carbons (Fsp3) is 0.294. The van der Waals surface area contributed by atoms with Gasteiger partial charge in [-0.2, -0.15) is 4.31 Å². The number of anilines is 1. The van der Waals surface area contributed by atoms with Gasteiger partial charge in [-0.05, 0) is 25.0 Å². The van der Waals surface area contributed by atoms with E-state index < -0.39 is 21.9 Å². The molecule has 1 N–H and O–H groups in total. The van der Waals surface area contributed by atoms with E-state index in [4.69, 9.17) is 0 Å². The molecule has 0 spiro atoms. The van der Waals surface area contributed by atoms with Crippen molar-refractivity contribution in [1.82, 2.24) is 4.31 Å². The molecule has 2 aromatic rings. The summed E-state index contributed by atoms with van der Waals surface area (Å²) in [5.41, 5.74) is -0.0371. The van der Waals surface area contributed by atoms with E-state index in [1.54, 1.807) is 6.07 Å². The molecule has 0 saturated carbocycles. The average molecular weight is 393 g/mol. The lowest BCUT2D eigenvalue weighted by molar-refractivity contribution is -0.254. The third kappa shape index (κ3) is 3.79. The smallest absolute Gasteiger partial charge is 0.265 e. The molecule has 0 bridgehead atoms. The van der Waals surface area contributed by atoms with Crippen molar-refractivity contribution in [2.75, 3.05) is 18.4 Å². The van der Waals surface area contributed by atoms with Gasteiger partial charge in [0, 0.05) is 24.0 Å². The Labute approximate surface area is 155 Å². The number of carbonyl (C=O) groups is 2. The summed E-state index contributed by atoms with van der Waals surface area (Å²) < 4.78 is 26.7. The molecule has 9 heteroatoms. The molecule has 1 amide bonds. The Hall–Kier alpha value is -2.23. The molecule has 1 fully saturated rings. The van der Waals surface area contributed by atoms with Crippen molar-refractivity contribution in [3.63, 3.8) is 0 Å². The summed E-state index contributed by atoms with van der Waals surface area (Å²) in [6, 6.07) is 7.21. The molecule has 1 aliphatic rings. The molecule has 7 nitrogen and oxygen atoms in total. The van der Waals surface area contributed by atoms with E-state index in [-0.39, 0.29) is 21.0 Å². The Bertz CT molecular complexity index is 930. The zero-order valence-electron chi connectivity index (χ0n) is 13.8. The van der Waals surface area contributed by atoms with Gasteiger partial charge < -0.3 is 15.2 Å². The van der Waals surface area contributed by atoms with E-state index in [1.165, 1.54) is 34.0 Å². The van der Waals surface area contributed by atoms with Crippen molar-refractivity contribution in [3.05, 3.63) is 46.2 Å². The molecular formula is C17H17N2O5S2-. The minimum Gasteiger partial charge on any atom is -0.545 e. The molecule has 1 aromatic heterocycles. The monoisotopic (exact) mass is 393 g/mol. The lowest BCUT2D eigenvalue weighted by Crippen LogP contribution is -2.35. The Morgan fingerprint density at radius 1 is 1.12 bits per heavy atom. The van der Waals surface area contributed by atoms with Crippen molar-refractivity contribution in [2.24, 2.45) is 0 Å². The van der Waals surface area contributed by atoms with Crippen molar-refractivity contribution in [3.8, 4) is 0 Å². The van der Waals surface area contributed by atoms with Crippen molar-refractivity contribution < 1.29 is 23.1 Å². The van der Waals surface area contributed by atoms with E-state index >= 15 is 0 Å². The molecule has 26 heavy (non-hydrogen) atoms. The molecular weight excluding hydrogens is 376 g/mol. The summed E-state index contributed by atoms with van der Waals surface area (Å²) in [7, 11) is -3.61. The van der Waals surface area contributed by atoms with Crippen LogP contribution in [0.2, 0.25) is 0 Å². The van der Waals surface area contributed by atoms with Gasteiger partial charge in [-0.15, -0.1) is 11.3 Å². The topological polar surface area (TPSA) is 107 Å². The Balaban J connectivity index is 1.79. The van der Waals surface area contributed by atoms with Crippen molar-refractivity contribution in [2.45, 2.75) is 24.2 Å². The predicted octanol–water partition coefficient (Wildman–Crippen LogP) is 1.54. The number of benzene rings is 1. The number of rotatable bonds is 5. The zero-order chi connectivity index (χ0) is 18.7. The van der Waals surface area contributed by atoms with Crippen LogP contribution in [0.5, 0.6) is 0 Å². The maximum Gasteiger partial charge on any atom is 0.265 e. The number of aromatic carboxylic acids is 1. The molecule has 0 atom stereocenters. The van der Waals surface area contributed by atoms with Crippen LogP contribution in [0.25, 0.3) is 0 Å². The molecule has 1 aromatic carbocycles. The Morgan fingerprint density at radius 2 is 1.81 bits per heavy atom. The van der Waals surface area contributed by atoms with Gasteiger partial charge in [-0.3, -0.25) is 4.79 Å². The highest BCUT2D eigenvalue weighted by Gasteiger charge is 2.27. The van der Waals surface area contributed by atoms with E-state index in [0.717, 1.165) is 30.6 Å². The number of thiophene rings is 1. The van der Waals surface area contributed by atoms with E-state index in [2.05, 4.69) is 5.32 Å². The lowest BCUT2D eigenvalue weighted by Gasteiger charge is -2.25. The van der Waals surface area contributed by atoms with Gasteiger partial charge in [0.05, 0.1) is 21.4 Å². The lowest BCUT2D eigenvalue weighted by atomic mass is 10.2. The Morgan fingerprint density at radius 3 is 2.50 bits per heavy atom. The number of hydrogen-bond acceptors (Lipinski definition) is 6. The third-order valence-electron chi connectivity index (χ3n) is 4.15. The normalized spacial score (nSPS) is 15.5. The van der Waals surface area contributed by atoms with Gasteiger partial charge >= 0.3 is 0 Å². The second-order valence-electron chi connectivity index (χ2n) is 5.90. The molecule has 0 radical (unpaired) electrons. The maximum atomic E-state index is 12.6. The van der Waals surface area contributed by atoms with Crippen LogP contribution in [0.4, 0.5) is 5.69 Å². The largest absolute Gasteiger partial charge is 0.545 e. The number of piperidine rings is 1. The number of hydrogen-bond donors (Lipinski definition) is 1. The van der Waals surface area contributed by atoms with Crippen LogP contribution in [0.3, 0.4) is 0 Å². The van der Waals surface area contributed by atoms with Crippen LogP contribution in [-0.2, 0) is 10.0 Å². The molecule has 138 valence electrons. The predicted molar refractivity (Wildman–Crippen MR) is 95.7 cm³/mol. The average Bonchev–Trinajstić information content (AvgIpc) is 3.14. The van der Waals surface area contributed by atoms with Crippen LogP contribution in [0.1, 0.15) is 39.3 Å². The number of carboxylic acid groups (broad SMARTS) is 1. The van der Waals surface area contributed by atoms with Gasteiger partial charge in [0.2, 0.25) is 10.0 Å². The molecule has 0 unspecified atom stereocenters. The number of sulfonamides is 1. The second-order valence-corrected chi connectivity index (χ2v) is 8.75. The highest BCUT2D eigenvalue weighted by Crippen LogP contribution is 2.26. The summed E-state index contributed by atoms with van der Waals surface area (Å²) in [6.45, 7) is 0.970. The molecule has 1 aliphatic heterocycles. The highest BCUT2D eigenvalue weighted by atomic mass is 32.2. The van der Waals surface area contributed by atoms with Gasteiger partial charge in [0.15, 0.2) is 0 Å². The van der Waals surface area contributed by atoms with Crippen LogP contribution in [-0.4, -0.2) is 37.7 Å². The summed E-state index contributed by atoms with van der Waals surface area (Å²) in [5.74, 6) is -1.97. The first-order valence-electron chi connectivity index (χ1n) is 8.10. The molecule has 0 aliphatic carbocycles. The highest BCUT2D eigenvalue weighted by molar-refractivity contribution is 7.89. The standard InChI is InChI=1S/C17H18N2O5S2/c20-16(18-14-7-3-2-6-13(14)17(21)22)15-10-12(11-25-15)26(23,24)19-8-4-1-5-9-19/h2-3,6-7,10-11H,1,4-5,8-9H2,(H,18,20)(H,21,22)/p-1. The third-order valence-corrected chi connectivity index (χ3v) is 7.10. The molecule has 1 saturated heterocycles. The molecule has 2 heterocycles. The first-order chi connectivity index (χ1) is 12.4. The number of amides is 1. The fourth-order valence-corrected chi connectivity index (χ4v) is 5.45. The first kappa shape index (κ1) is 18.6. The number of nitrogens with zero attached hydrogens (tertiary/aromatic N) is 1. The van der Waals surface area contributed by atoms with Crippen LogP contribution in [0, 0.1) is 0 Å². The Kier molecular flexibility index (Phi) is 5.40. The minimum absolute atomic E-state index is 0.0859. The van der Waals surface area contributed by atoms with Crippen molar-refractivity contribution >= 4 is 38.9 Å². The van der Waals surface area contributed by atoms with Crippen LogP contribution >= 0.6 is 11.3 Å². The van der Waals surface area contributed by atoms with Gasteiger partial charge in [0.25, 0.3) is 5.91 Å².